The Balaban J connectivity index is 1.81. The van der Waals surface area contributed by atoms with Crippen LogP contribution in [0.25, 0.3) is 0 Å². The summed E-state index contributed by atoms with van der Waals surface area (Å²) in [5, 5.41) is 3.42. The van der Waals surface area contributed by atoms with Crippen LogP contribution in [0.5, 0.6) is 0 Å². The van der Waals surface area contributed by atoms with E-state index < -0.39 is 0 Å². The van der Waals surface area contributed by atoms with Gasteiger partial charge in [-0.05, 0) is 63.2 Å². The van der Waals surface area contributed by atoms with Gasteiger partial charge in [-0.2, -0.15) is 0 Å². The molecule has 1 aromatic rings. The molecule has 116 valence electrons. The van der Waals surface area contributed by atoms with Crippen molar-refractivity contribution < 1.29 is 4.79 Å². The first-order valence-corrected chi connectivity index (χ1v) is 8.07. The fourth-order valence-corrected chi connectivity index (χ4v) is 3.06. The lowest BCUT2D eigenvalue weighted by Gasteiger charge is -2.24. The summed E-state index contributed by atoms with van der Waals surface area (Å²) in [7, 11) is 1.92. The second kappa shape index (κ2) is 7.60. The number of hydrogen-bond donors (Lipinski definition) is 1. The Hall–Kier alpha value is -1.35. The first-order valence-electron chi connectivity index (χ1n) is 8.07. The lowest BCUT2D eigenvalue weighted by atomic mass is 9.94. The predicted molar refractivity (Wildman–Crippen MR) is 87.2 cm³/mol. The minimum absolute atomic E-state index is 0.264. The second-order valence-electron chi connectivity index (χ2n) is 6.43. The topological polar surface area (TPSA) is 32.3 Å². The third-order valence-electron chi connectivity index (χ3n) is 4.50. The number of piperidine rings is 1. The van der Waals surface area contributed by atoms with Crippen LogP contribution in [0, 0.1) is 19.8 Å². The predicted octanol–water partition coefficient (Wildman–Crippen LogP) is 3.04. The van der Waals surface area contributed by atoms with Crippen LogP contribution < -0.4 is 5.32 Å². The average molecular weight is 288 g/mol. The van der Waals surface area contributed by atoms with Gasteiger partial charge < -0.3 is 10.2 Å². The highest BCUT2D eigenvalue weighted by Gasteiger charge is 2.16. The number of aryl methyl sites for hydroxylation is 2. The van der Waals surface area contributed by atoms with Gasteiger partial charge in [-0.1, -0.05) is 23.8 Å². The highest BCUT2D eigenvalue weighted by molar-refractivity contribution is 5.75. The Morgan fingerprint density at radius 2 is 2.19 bits per heavy atom. The number of rotatable bonds is 5. The van der Waals surface area contributed by atoms with E-state index in [0.717, 1.165) is 19.5 Å². The molecule has 0 radical (unpaired) electrons. The van der Waals surface area contributed by atoms with Gasteiger partial charge in [-0.3, -0.25) is 4.79 Å². The summed E-state index contributed by atoms with van der Waals surface area (Å²) in [6.07, 6.45) is 4.20. The zero-order valence-electron chi connectivity index (χ0n) is 13.6. The van der Waals surface area contributed by atoms with E-state index in [0.29, 0.717) is 18.9 Å². The smallest absolute Gasteiger partial charge is 0.222 e. The normalized spacial score (nSPS) is 18.5. The molecule has 1 unspecified atom stereocenters. The molecule has 2 rings (SSSR count). The van der Waals surface area contributed by atoms with Crippen molar-refractivity contribution >= 4 is 5.91 Å². The Bertz CT molecular complexity index is 478. The standard InChI is InChI=1S/C18H28N2O/c1-14-6-8-17(15(2)11-14)13-20(3)18(21)9-7-16-5-4-10-19-12-16/h6,8,11,16,19H,4-5,7,9-10,12-13H2,1-3H3. The first-order chi connectivity index (χ1) is 10.1. The number of nitrogens with one attached hydrogen (secondary N) is 1. The maximum Gasteiger partial charge on any atom is 0.222 e. The summed E-state index contributed by atoms with van der Waals surface area (Å²) in [6, 6.07) is 6.44. The van der Waals surface area contributed by atoms with Crippen LogP contribution in [0.15, 0.2) is 18.2 Å². The highest BCUT2D eigenvalue weighted by atomic mass is 16.2. The van der Waals surface area contributed by atoms with E-state index in [1.807, 2.05) is 11.9 Å². The maximum absolute atomic E-state index is 12.3. The quantitative estimate of drug-likeness (QED) is 0.903. The van der Waals surface area contributed by atoms with Crippen LogP contribution in [-0.4, -0.2) is 30.9 Å². The molecule has 1 aromatic carbocycles. The van der Waals surface area contributed by atoms with Gasteiger partial charge in [-0.15, -0.1) is 0 Å². The van der Waals surface area contributed by atoms with Crippen molar-refractivity contribution in [3.8, 4) is 0 Å². The molecular formula is C18H28N2O. The maximum atomic E-state index is 12.3. The summed E-state index contributed by atoms with van der Waals surface area (Å²) in [5.41, 5.74) is 3.79. The molecule has 1 aliphatic rings. The lowest BCUT2D eigenvalue weighted by Crippen LogP contribution is -2.31. The van der Waals surface area contributed by atoms with Crippen molar-refractivity contribution in [1.82, 2.24) is 10.2 Å². The fourth-order valence-electron chi connectivity index (χ4n) is 3.06. The molecule has 1 saturated heterocycles. The van der Waals surface area contributed by atoms with Crippen LogP contribution in [0.3, 0.4) is 0 Å². The lowest BCUT2D eigenvalue weighted by molar-refractivity contribution is -0.130. The molecule has 0 bridgehead atoms. The SMILES string of the molecule is Cc1ccc(CN(C)C(=O)CCC2CCCNC2)c(C)c1. The molecule has 1 heterocycles. The van der Waals surface area contributed by atoms with Crippen LogP contribution in [0.1, 0.15) is 42.4 Å². The second-order valence-corrected chi connectivity index (χ2v) is 6.43. The van der Waals surface area contributed by atoms with E-state index in [1.54, 1.807) is 0 Å². The zero-order valence-corrected chi connectivity index (χ0v) is 13.6. The summed E-state index contributed by atoms with van der Waals surface area (Å²) in [6.45, 7) is 7.15. The first kappa shape index (κ1) is 16.0. The van der Waals surface area contributed by atoms with Gasteiger partial charge in [0, 0.05) is 20.0 Å². The molecular weight excluding hydrogens is 260 g/mol. The minimum atomic E-state index is 0.264. The molecule has 0 aromatic heterocycles. The number of carbonyl (C=O) groups is 1. The molecule has 0 saturated carbocycles. The van der Waals surface area contributed by atoms with E-state index in [-0.39, 0.29) is 5.91 Å². The van der Waals surface area contributed by atoms with Crippen molar-refractivity contribution in [3.63, 3.8) is 0 Å². The third-order valence-corrected chi connectivity index (χ3v) is 4.50. The molecule has 0 spiro atoms. The Morgan fingerprint density at radius 1 is 1.38 bits per heavy atom. The summed E-state index contributed by atoms with van der Waals surface area (Å²) >= 11 is 0. The largest absolute Gasteiger partial charge is 0.341 e. The zero-order chi connectivity index (χ0) is 15.2. The minimum Gasteiger partial charge on any atom is -0.341 e. The fraction of sp³-hybridized carbons (Fsp3) is 0.611. The molecule has 21 heavy (non-hydrogen) atoms. The molecule has 1 amide bonds. The number of nitrogens with zero attached hydrogens (tertiary/aromatic N) is 1. The van der Waals surface area contributed by atoms with Crippen molar-refractivity contribution in [3.05, 3.63) is 34.9 Å². The number of hydrogen-bond acceptors (Lipinski definition) is 2. The number of carbonyl (C=O) groups excluding carboxylic acids is 1. The van der Waals surface area contributed by atoms with Crippen LogP contribution >= 0.6 is 0 Å². The summed E-state index contributed by atoms with van der Waals surface area (Å²) in [4.78, 5) is 14.1. The van der Waals surface area contributed by atoms with Gasteiger partial charge in [0.1, 0.15) is 0 Å². The Labute approximate surface area is 128 Å². The monoisotopic (exact) mass is 288 g/mol. The van der Waals surface area contributed by atoms with E-state index in [9.17, 15) is 4.79 Å². The van der Waals surface area contributed by atoms with Crippen molar-refractivity contribution in [2.24, 2.45) is 5.92 Å². The average Bonchev–Trinajstić information content (AvgIpc) is 2.48. The molecule has 1 atom stereocenters. The summed E-state index contributed by atoms with van der Waals surface area (Å²) < 4.78 is 0. The molecule has 3 nitrogen and oxygen atoms in total. The van der Waals surface area contributed by atoms with Gasteiger partial charge in [0.05, 0.1) is 0 Å². The third kappa shape index (κ3) is 4.85. The highest BCUT2D eigenvalue weighted by Crippen LogP contribution is 2.17. The molecule has 1 fully saturated rings. The Kier molecular flexibility index (Phi) is 5.80. The van der Waals surface area contributed by atoms with E-state index in [4.69, 9.17) is 0 Å². The molecule has 1 aliphatic heterocycles. The van der Waals surface area contributed by atoms with Gasteiger partial charge in [-0.25, -0.2) is 0 Å². The van der Waals surface area contributed by atoms with Gasteiger partial charge >= 0.3 is 0 Å². The van der Waals surface area contributed by atoms with Crippen LogP contribution in [0.2, 0.25) is 0 Å². The molecule has 3 heteroatoms. The summed E-state index contributed by atoms with van der Waals surface area (Å²) in [5.74, 6) is 0.942. The van der Waals surface area contributed by atoms with Crippen LogP contribution in [0.4, 0.5) is 0 Å². The van der Waals surface area contributed by atoms with Crippen molar-refractivity contribution in [2.75, 3.05) is 20.1 Å². The number of amides is 1. The van der Waals surface area contributed by atoms with Crippen LogP contribution in [-0.2, 0) is 11.3 Å². The van der Waals surface area contributed by atoms with E-state index >= 15 is 0 Å². The van der Waals surface area contributed by atoms with E-state index in [2.05, 4.69) is 37.4 Å². The van der Waals surface area contributed by atoms with Gasteiger partial charge in [0.25, 0.3) is 0 Å². The Morgan fingerprint density at radius 3 is 2.86 bits per heavy atom. The van der Waals surface area contributed by atoms with Gasteiger partial charge in [0.15, 0.2) is 0 Å². The number of benzene rings is 1. The molecule has 1 N–H and O–H groups in total. The van der Waals surface area contributed by atoms with E-state index in [1.165, 1.54) is 29.5 Å². The van der Waals surface area contributed by atoms with Crippen molar-refractivity contribution in [2.45, 2.75) is 46.1 Å². The van der Waals surface area contributed by atoms with Gasteiger partial charge in [0.2, 0.25) is 5.91 Å². The van der Waals surface area contributed by atoms with Crippen molar-refractivity contribution in [1.29, 1.82) is 0 Å². The molecule has 0 aliphatic carbocycles.